The fraction of sp³-hybridized carbons (Fsp3) is 0.846. The second-order valence-electron chi connectivity index (χ2n) is 5.96. The van der Waals surface area contributed by atoms with E-state index in [1.54, 1.807) is 0 Å². The van der Waals surface area contributed by atoms with Crippen molar-refractivity contribution in [1.29, 1.82) is 0 Å². The SMILES string of the molecule is C=C[C@H](C)CCCO[Si](C)(C)C(C)(C)C. The number of hydrogen-bond acceptors (Lipinski definition) is 1. The molecule has 0 bridgehead atoms. The first-order valence-corrected chi connectivity index (χ1v) is 8.88. The molecule has 0 fully saturated rings. The molecule has 0 saturated carbocycles. The molecule has 90 valence electrons. The smallest absolute Gasteiger partial charge is 0.191 e. The Hall–Kier alpha value is -0.0831. The van der Waals surface area contributed by atoms with Gasteiger partial charge < -0.3 is 4.43 Å². The number of hydrogen-bond donors (Lipinski definition) is 0. The predicted octanol–water partition coefficient (Wildman–Crippen LogP) is 4.61. The highest BCUT2D eigenvalue weighted by Gasteiger charge is 2.36. The average molecular weight is 228 g/mol. The maximum absolute atomic E-state index is 6.09. The van der Waals surface area contributed by atoms with Crippen LogP contribution in [-0.2, 0) is 4.43 Å². The molecule has 0 aromatic rings. The minimum absolute atomic E-state index is 0.330. The van der Waals surface area contributed by atoms with Crippen LogP contribution in [-0.4, -0.2) is 14.9 Å². The molecule has 1 atom stereocenters. The van der Waals surface area contributed by atoms with E-state index in [1.807, 2.05) is 6.08 Å². The van der Waals surface area contributed by atoms with E-state index < -0.39 is 8.32 Å². The van der Waals surface area contributed by atoms with E-state index in [-0.39, 0.29) is 0 Å². The quantitative estimate of drug-likeness (QED) is 0.366. The van der Waals surface area contributed by atoms with Gasteiger partial charge in [-0.3, -0.25) is 0 Å². The molecule has 0 rings (SSSR count). The first-order valence-electron chi connectivity index (χ1n) is 5.97. The minimum atomic E-state index is -1.51. The van der Waals surface area contributed by atoms with Gasteiger partial charge in [0.05, 0.1) is 0 Å². The van der Waals surface area contributed by atoms with Gasteiger partial charge in [-0.25, -0.2) is 0 Å². The average Bonchev–Trinajstić information content (AvgIpc) is 2.10. The van der Waals surface area contributed by atoms with Crippen molar-refractivity contribution in [2.75, 3.05) is 6.61 Å². The van der Waals surface area contributed by atoms with Crippen molar-refractivity contribution >= 4 is 8.32 Å². The van der Waals surface area contributed by atoms with Gasteiger partial charge in [0, 0.05) is 6.61 Å². The lowest BCUT2D eigenvalue weighted by molar-refractivity contribution is 0.274. The van der Waals surface area contributed by atoms with Crippen LogP contribution in [0.4, 0.5) is 0 Å². The molecule has 1 nitrogen and oxygen atoms in total. The fourth-order valence-corrected chi connectivity index (χ4v) is 2.15. The topological polar surface area (TPSA) is 9.23 Å². The van der Waals surface area contributed by atoms with Crippen LogP contribution in [0.15, 0.2) is 12.7 Å². The summed E-state index contributed by atoms with van der Waals surface area (Å²) in [5.41, 5.74) is 0. The van der Waals surface area contributed by atoms with Gasteiger partial charge in [-0.2, -0.15) is 0 Å². The van der Waals surface area contributed by atoms with E-state index in [4.69, 9.17) is 4.43 Å². The maximum atomic E-state index is 6.09. The van der Waals surface area contributed by atoms with Crippen molar-refractivity contribution in [3.8, 4) is 0 Å². The Bertz CT molecular complexity index is 191. The van der Waals surface area contributed by atoms with E-state index in [2.05, 4.69) is 47.4 Å². The predicted molar refractivity (Wildman–Crippen MR) is 71.7 cm³/mol. The summed E-state index contributed by atoms with van der Waals surface area (Å²) in [6.07, 6.45) is 4.37. The molecule has 0 amide bonds. The van der Waals surface area contributed by atoms with Gasteiger partial charge in [0.2, 0.25) is 0 Å². The van der Waals surface area contributed by atoms with Crippen molar-refractivity contribution in [3.63, 3.8) is 0 Å². The van der Waals surface area contributed by atoms with Crippen molar-refractivity contribution in [2.45, 2.75) is 58.7 Å². The zero-order valence-corrected chi connectivity index (χ0v) is 12.4. The van der Waals surface area contributed by atoms with Gasteiger partial charge in [-0.15, -0.1) is 6.58 Å². The normalized spacial score (nSPS) is 15.1. The van der Waals surface area contributed by atoms with E-state index in [1.165, 1.54) is 6.42 Å². The molecule has 0 unspecified atom stereocenters. The third kappa shape index (κ3) is 5.52. The summed E-state index contributed by atoms with van der Waals surface area (Å²) in [4.78, 5) is 0. The van der Waals surface area contributed by atoms with E-state index in [0.717, 1.165) is 13.0 Å². The Balaban J connectivity index is 3.81. The van der Waals surface area contributed by atoms with Gasteiger partial charge in [-0.1, -0.05) is 33.8 Å². The Labute approximate surface area is 97.0 Å². The molecule has 15 heavy (non-hydrogen) atoms. The monoisotopic (exact) mass is 228 g/mol. The lowest BCUT2D eigenvalue weighted by Gasteiger charge is -2.36. The third-order valence-corrected chi connectivity index (χ3v) is 8.01. The molecule has 0 radical (unpaired) electrons. The van der Waals surface area contributed by atoms with Crippen LogP contribution in [0.5, 0.6) is 0 Å². The highest BCUT2D eigenvalue weighted by Crippen LogP contribution is 2.36. The largest absolute Gasteiger partial charge is 0.417 e. The van der Waals surface area contributed by atoms with Crippen LogP contribution in [0, 0.1) is 5.92 Å². The second kappa shape index (κ2) is 5.85. The van der Waals surface area contributed by atoms with Crippen molar-refractivity contribution in [3.05, 3.63) is 12.7 Å². The molecular weight excluding hydrogens is 200 g/mol. The summed E-state index contributed by atoms with van der Waals surface area (Å²) in [6, 6.07) is 0. The third-order valence-electron chi connectivity index (χ3n) is 3.48. The second-order valence-corrected chi connectivity index (χ2v) is 10.8. The van der Waals surface area contributed by atoms with Crippen LogP contribution in [0.2, 0.25) is 18.1 Å². The van der Waals surface area contributed by atoms with Gasteiger partial charge in [0.25, 0.3) is 0 Å². The molecule has 0 heterocycles. The highest BCUT2D eigenvalue weighted by molar-refractivity contribution is 6.74. The van der Waals surface area contributed by atoms with Crippen molar-refractivity contribution < 1.29 is 4.43 Å². The molecule has 0 aromatic carbocycles. The molecule has 0 N–H and O–H groups in total. The van der Waals surface area contributed by atoms with E-state index in [9.17, 15) is 0 Å². The molecule has 2 heteroatoms. The Kier molecular flexibility index (Phi) is 5.82. The van der Waals surface area contributed by atoms with E-state index >= 15 is 0 Å². The summed E-state index contributed by atoms with van der Waals surface area (Å²) < 4.78 is 6.09. The Morgan fingerprint density at radius 2 is 1.87 bits per heavy atom. The molecule has 0 aliphatic carbocycles. The molecule has 0 aromatic heterocycles. The molecule has 0 aliphatic rings. The number of rotatable bonds is 6. The summed E-state index contributed by atoms with van der Waals surface area (Å²) in [7, 11) is -1.51. The summed E-state index contributed by atoms with van der Waals surface area (Å²) in [5.74, 6) is 0.619. The van der Waals surface area contributed by atoms with Gasteiger partial charge in [0.1, 0.15) is 0 Å². The molecule has 0 spiro atoms. The summed E-state index contributed by atoms with van der Waals surface area (Å²) in [6.45, 7) is 18.4. The van der Waals surface area contributed by atoms with Crippen LogP contribution >= 0.6 is 0 Å². The zero-order valence-electron chi connectivity index (χ0n) is 11.4. The van der Waals surface area contributed by atoms with Gasteiger partial charge >= 0.3 is 0 Å². The Morgan fingerprint density at radius 1 is 1.33 bits per heavy atom. The highest BCUT2D eigenvalue weighted by atomic mass is 28.4. The standard InChI is InChI=1S/C13H28OSi/c1-8-12(2)10-9-11-14-15(6,7)13(3,4)5/h8,12H,1,9-11H2,2-7H3/t12-/m0/s1. The fourth-order valence-electron chi connectivity index (χ4n) is 1.07. The summed E-state index contributed by atoms with van der Waals surface area (Å²) in [5, 5.41) is 0.330. The van der Waals surface area contributed by atoms with Crippen molar-refractivity contribution in [2.24, 2.45) is 5.92 Å². The summed E-state index contributed by atoms with van der Waals surface area (Å²) >= 11 is 0. The van der Waals surface area contributed by atoms with E-state index in [0.29, 0.717) is 11.0 Å². The number of allylic oxidation sites excluding steroid dienone is 1. The lowest BCUT2D eigenvalue weighted by Crippen LogP contribution is -2.41. The molecule has 0 aliphatic heterocycles. The van der Waals surface area contributed by atoms with Crippen LogP contribution in [0.25, 0.3) is 0 Å². The molecule has 0 saturated heterocycles. The molecular formula is C13H28OSi. The Morgan fingerprint density at radius 3 is 2.27 bits per heavy atom. The maximum Gasteiger partial charge on any atom is 0.191 e. The van der Waals surface area contributed by atoms with Crippen LogP contribution in [0.1, 0.15) is 40.5 Å². The first kappa shape index (κ1) is 14.9. The lowest BCUT2D eigenvalue weighted by atomic mass is 10.1. The van der Waals surface area contributed by atoms with Crippen molar-refractivity contribution in [1.82, 2.24) is 0 Å². The zero-order chi connectivity index (χ0) is 12.1. The van der Waals surface area contributed by atoms with Crippen LogP contribution in [0.3, 0.4) is 0 Å². The van der Waals surface area contributed by atoms with Gasteiger partial charge in [0.15, 0.2) is 8.32 Å². The van der Waals surface area contributed by atoms with Crippen LogP contribution < -0.4 is 0 Å². The first-order chi connectivity index (χ1) is 6.70. The van der Waals surface area contributed by atoms with Gasteiger partial charge in [-0.05, 0) is 36.9 Å². The minimum Gasteiger partial charge on any atom is -0.417 e.